The van der Waals surface area contributed by atoms with Crippen LogP contribution in [0.5, 0.6) is 0 Å². The molecule has 0 aliphatic heterocycles. The predicted molar refractivity (Wildman–Crippen MR) is 87.6 cm³/mol. The van der Waals surface area contributed by atoms with E-state index in [-0.39, 0.29) is 12.5 Å². The van der Waals surface area contributed by atoms with Crippen molar-refractivity contribution in [3.05, 3.63) is 35.5 Å². The Morgan fingerprint density at radius 3 is 3.05 bits per heavy atom. The van der Waals surface area contributed by atoms with Crippen LogP contribution in [0.4, 0.5) is 5.69 Å². The Bertz CT molecular complexity index is 709. The second kappa shape index (κ2) is 7.46. The van der Waals surface area contributed by atoms with Crippen molar-refractivity contribution in [3.63, 3.8) is 0 Å². The Labute approximate surface area is 131 Å². The van der Waals surface area contributed by atoms with Crippen molar-refractivity contribution >= 4 is 28.2 Å². The van der Waals surface area contributed by atoms with E-state index >= 15 is 0 Å². The fraction of sp³-hybridized carbons (Fsp3) is 0.438. The van der Waals surface area contributed by atoms with Crippen LogP contribution in [0.1, 0.15) is 32.1 Å². The van der Waals surface area contributed by atoms with E-state index in [1.165, 1.54) is 0 Å². The fourth-order valence-electron chi connectivity index (χ4n) is 1.92. The summed E-state index contributed by atoms with van der Waals surface area (Å²) in [6.07, 6.45) is -0.327. The van der Waals surface area contributed by atoms with Crippen LogP contribution < -0.4 is 10.6 Å². The van der Waals surface area contributed by atoms with Crippen LogP contribution in [0.3, 0.4) is 0 Å². The number of rotatable bonds is 7. The van der Waals surface area contributed by atoms with E-state index in [2.05, 4.69) is 15.6 Å². The van der Waals surface area contributed by atoms with Crippen LogP contribution >= 0.6 is 11.6 Å². The summed E-state index contributed by atoms with van der Waals surface area (Å²) in [4.78, 5) is 4.28. The number of fused-ring (bicyclic) bond motifs is 1. The SMILES string of the molecule is [2H]C([2H])(CC(C)Nc1ccnc2cc(Cl)ccc12)C([2H])([2H])NCC. The molecule has 108 valence electrons. The molecule has 4 heteroatoms. The van der Waals surface area contributed by atoms with Crippen LogP contribution in [-0.4, -0.2) is 24.1 Å². The van der Waals surface area contributed by atoms with Gasteiger partial charge < -0.3 is 10.6 Å². The predicted octanol–water partition coefficient (Wildman–Crippen LogP) is 4.08. The van der Waals surface area contributed by atoms with Crippen molar-refractivity contribution in [1.82, 2.24) is 10.3 Å². The van der Waals surface area contributed by atoms with E-state index in [1.807, 2.05) is 19.1 Å². The second-order valence-electron chi connectivity index (χ2n) is 4.60. The lowest BCUT2D eigenvalue weighted by Crippen LogP contribution is -2.19. The first-order chi connectivity index (χ1) is 11.2. The first kappa shape index (κ1) is 10.4. The van der Waals surface area contributed by atoms with Gasteiger partial charge in [-0.3, -0.25) is 4.98 Å². The van der Waals surface area contributed by atoms with Gasteiger partial charge in [-0.2, -0.15) is 0 Å². The van der Waals surface area contributed by atoms with E-state index in [0.29, 0.717) is 11.6 Å². The topological polar surface area (TPSA) is 37.0 Å². The summed E-state index contributed by atoms with van der Waals surface area (Å²) in [5.74, 6) is 0. The molecule has 1 aromatic carbocycles. The summed E-state index contributed by atoms with van der Waals surface area (Å²) in [6, 6.07) is 6.98. The van der Waals surface area contributed by atoms with E-state index in [9.17, 15) is 0 Å². The van der Waals surface area contributed by atoms with Gasteiger partial charge in [0.15, 0.2) is 0 Å². The quantitative estimate of drug-likeness (QED) is 0.808. The van der Waals surface area contributed by atoms with Gasteiger partial charge in [0.05, 0.1) is 5.52 Å². The number of halogens is 1. The van der Waals surface area contributed by atoms with Gasteiger partial charge in [0.2, 0.25) is 0 Å². The molecule has 0 spiro atoms. The molecule has 3 nitrogen and oxygen atoms in total. The zero-order valence-electron chi connectivity index (χ0n) is 15.7. The molecule has 0 fully saturated rings. The third-order valence-electron chi connectivity index (χ3n) is 2.87. The van der Waals surface area contributed by atoms with Crippen molar-refractivity contribution < 1.29 is 5.48 Å². The standard InChI is InChI=1S/C16H22ClN3/c1-3-18-9-4-5-12(2)20-15-8-10-19-16-11-13(17)6-7-14(15)16/h6-8,10-12,18H,3-5,9H2,1-2H3,(H,19,20)/i4D2,9D2. The lowest BCUT2D eigenvalue weighted by molar-refractivity contribution is 0.603. The molecule has 0 radical (unpaired) electrons. The van der Waals surface area contributed by atoms with E-state index < -0.39 is 12.9 Å². The van der Waals surface area contributed by atoms with Crippen molar-refractivity contribution in [3.8, 4) is 0 Å². The normalized spacial score (nSPS) is 16.9. The lowest BCUT2D eigenvalue weighted by Gasteiger charge is -2.16. The van der Waals surface area contributed by atoms with E-state index in [1.54, 1.807) is 25.3 Å². The smallest absolute Gasteiger partial charge is 0.0737 e. The Morgan fingerprint density at radius 1 is 1.40 bits per heavy atom. The zero-order valence-corrected chi connectivity index (χ0v) is 12.5. The lowest BCUT2D eigenvalue weighted by atomic mass is 10.1. The molecule has 0 aliphatic rings. The van der Waals surface area contributed by atoms with Gasteiger partial charge in [0, 0.05) is 33.8 Å². The molecule has 0 saturated heterocycles. The minimum absolute atomic E-state index is 0.0183. The Kier molecular flexibility index (Phi) is 3.88. The molecule has 1 aromatic heterocycles. The molecule has 2 rings (SSSR count). The molecule has 0 amide bonds. The highest BCUT2D eigenvalue weighted by Gasteiger charge is 2.06. The molecule has 0 bridgehead atoms. The van der Waals surface area contributed by atoms with Gasteiger partial charge in [-0.05, 0) is 57.0 Å². The number of nitrogens with one attached hydrogen (secondary N) is 2. The van der Waals surface area contributed by atoms with E-state index in [0.717, 1.165) is 16.6 Å². The van der Waals surface area contributed by atoms with Gasteiger partial charge in [-0.1, -0.05) is 18.5 Å². The Balaban J connectivity index is 2.17. The first-order valence-electron chi connectivity index (χ1n) is 8.72. The highest BCUT2D eigenvalue weighted by molar-refractivity contribution is 6.31. The van der Waals surface area contributed by atoms with E-state index in [4.69, 9.17) is 17.1 Å². The van der Waals surface area contributed by atoms with Crippen molar-refractivity contribution in [2.45, 2.75) is 32.7 Å². The molecule has 20 heavy (non-hydrogen) atoms. The molecular formula is C16H22ClN3. The van der Waals surface area contributed by atoms with Crippen molar-refractivity contribution in [1.29, 1.82) is 0 Å². The number of hydrogen-bond donors (Lipinski definition) is 2. The largest absolute Gasteiger partial charge is 0.382 e. The number of aromatic nitrogens is 1. The third-order valence-corrected chi connectivity index (χ3v) is 3.10. The maximum atomic E-state index is 8.08. The Hall–Kier alpha value is -1.32. The fourth-order valence-corrected chi connectivity index (χ4v) is 2.08. The van der Waals surface area contributed by atoms with Crippen molar-refractivity contribution in [2.24, 2.45) is 0 Å². The number of nitrogens with zero attached hydrogens (tertiary/aromatic N) is 1. The van der Waals surface area contributed by atoms with Gasteiger partial charge in [0.1, 0.15) is 0 Å². The van der Waals surface area contributed by atoms with Crippen LogP contribution in [0.2, 0.25) is 5.02 Å². The average molecular weight is 296 g/mol. The number of benzene rings is 1. The maximum Gasteiger partial charge on any atom is 0.0737 e. The minimum atomic E-state index is -2.09. The molecule has 2 aromatic rings. The van der Waals surface area contributed by atoms with Gasteiger partial charge >= 0.3 is 0 Å². The molecule has 1 unspecified atom stereocenters. The summed E-state index contributed by atoms with van der Waals surface area (Å²) in [5, 5.41) is 7.33. The summed E-state index contributed by atoms with van der Waals surface area (Å²) >= 11 is 5.99. The van der Waals surface area contributed by atoms with Crippen LogP contribution in [0, 0.1) is 0 Å². The third kappa shape index (κ3) is 4.09. The molecule has 1 atom stereocenters. The summed E-state index contributed by atoms with van der Waals surface area (Å²) in [7, 11) is 0. The maximum absolute atomic E-state index is 8.08. The van der Waals surface area contributed by atoms with Crippen LogP contribution in [0.25, 0.3) is 10.9 Å². The summed E-state index contributed by atoms with van der Waals surface area (Å²) in [6.45, 7) is 1.86. The van der Waals surface area contributed by atoms with Gasteiger partial charge in [0.25, 0.3) is 0 Å². The highest BCUT2D eigenvalue weighted by Crippen LogP contribution is 2.25. The van der Waals surface area contributed by atoms with Gasteiger partial charge in [-0.25, -0.2) is 0 Å². The second-order valence-corrected chi connectivity index (χ2v) is 5.04. The number of hydrogen-bond acceptors (Lipinski definition) is 3. The highest BCUT2D eigenvalue weighted by atomic mass is 35.5. The van der Waals surface area contributed by atoms with Gasteiger partial charge in [-0.15, -0.1) is 0 Å². The minimum Gasteiger partial charge on any atom is -0.382 e. The zero-order chi connectivity index (χ0) is 18.0. The summed E-state index contributed by atoms with van der Waals surface area (Å²) in [5.41, 5.74) is 1.58. The summed E-state index contributed by atoms with van der Waals surface area (Å²) < 4.78 is 31.9. The first-order valence-corrected chi connectivity index (χ1v) is 7.10. The number of anilines is 1. The molecule has 1 heterocycles. The molecule has 0 aliphatic carbocycles. The van der Waals surface area contributed by atoms with Crippen LogP contribution in [-0.2, 0) is 0 Å². The molecular weight excluding hydrogens is 270 g/mol. The molecule has 2 N–H and O–H groups in total. The van der Waals surface area contributed by atoms with Crippen molar-refractivity contribution in [2.75, 3.05) is 18.4 Å². The monoisotopic (exact) mass is 295 g/mol. The molecule has 0 saturated carbocycles. The average Bonchev–Trinajstić information content (AvgIpc) is 2.46. The number of pyridine rings is 1. The Morgan fingerprint density at radius 2 is 2.25 bits per heavy atom. The van der Waals surface area contributed by atoms with Crippen LogP contribution in [0.15, 0.2) is 30.5 Å².